The highest BCUT2D eigenvalue weighted by atomic mass is 32.2. The highest BCUT2D eigenvalue weighted by Crippen LogP contribution is 2.22. The van der Waals surface area contributed by atoms with E-state index in [2.05, 4.69) is 4.72 Å². The monoisotopic (exact) mass is 322 g/mol. The first-order valence-electron chi connectivity index (χ1n) is 6.13. The van der Waals surface area contributed by atoms with E-state index in [-0.39, 0.29) is 19.5 Å². The molecule has 2 rings (SSSR count). The van der Waals surface area contributed by atoms with E-state index in [0.717, 1.165) is 4.90 Å². The van der Waals surface area contributed by atoms with E-state index in [0.29, 0.717) is 12.1 Å². The van der Waals surface area contributed by atoms with Crippen LogP contribution in [0.25, 0.3) is 0 Å². The van der Waals surface area contributed by atoms with Crippen LogP contribution in [0, 0.1) is 17.5 Å². The first-order valence-corrected chi connectivity index (χ1v) is 7.67. The van der Waals surface area contributed by atoms with Gasteiger partial charge in [-0.15, -0.1) is 0 Å². The Morgan fingerprint density at radius 2 is 1.90 bits per heavy atom. The summed E-state index contributed by atoms with van der Waals surface area (Å²) in [5, 5.41) is -0.855. The molecule has 1 aliphatic rings. The van der Waals surface area contributed by atoms with Gasteiger partial charge < -0.3 is 4.90 Å². The molecule has 1 aromatic carbocycles. The van der Waals surface area contributed by atoms with Crippen molar-refractivity contribution in [2.45, 2.75) is 11.7 Å². The smallest absolute Gasteiger partial charge is 0.259 e. The number of sulfonamides is 1. The number of halogens is 3. The van der Waals surface area contributed by atoms with Crippen LogP contribution in [0.3, 0.4) is 0 Å². The van der Waals surface area contributed by atoms with Gasteiger partial charge in [0.1, 0.15) is 11.4 Å². The molecule has 0 spiro atoms. The Bertz CT molecular complexity index is 679. The van der Waals surface area contributed by atoms with Gasteiger partial charge in [0, 0.05) is 13.1 Å². The van der Waals surface area contributed by atoms with Crippen molar-refractivity contribution >= 4 is 15.9 Å². The van der Waals surface area contributed by atoms with Gasteiger partial charge in [0.25, 0.3) is 5.91 Å². The van der Waals surface area contributed by atoms with Gasteiger partial charge in [-0.3, -0.25) is 4.79 Å². The van der Waals surface area contributed by atoms with E-state index in [1.165, 1.54) is 7.05 Å². The Hall–Kier alpha value is -1.61. The summed E-state index contributed by atoms with van der Waals surface area (Å²) in [6.07, 6.45) is 0.146. The molecule has 1 amide bonds. The van der Waals surface area contributed by atoms with Crippen molar-refractivity contribution in [1.82, 2.24) is 9.62 Å². The van der Waals surface area contributed by atoms with Crippen LogP contribution in [-0.2, 0) is 10.0 Å². The van der Waals surface area contributed by atoms with Gasteiger partial charge in [0.05, 0.1) is 5.25 Å². The highest BCUT2D eigenvalue weighted by molar-refractivity contribution is 7.90. The lowest BCUT2D eigenvalue weighted by molar-refractivity contribution is 0.0782. The SMILES string of the molecule is CNS(=O)(=O)[C@@H]1CCN(C(=O)c2c(F)ccc(F)c2F)C1. The van der Waals surface area contributed by atoms with Crippen molar-refractivity contribution in [3.63, 3.8) is 0 Å². The van der Waals surface area contributed by atoms with Crippen molar-refractivity contribution in [2.75, 3.05) is 20.1 Å². The maximum absolute atomic E-state index is 13.6. The maximum atomic E-state index is 13.6. The summed E-state index contributed by atoms with van der Waals surface area (Å²) in [6, 6.07) is 1.24. The molecule has 1 heterocycles. The number of nitrogens with zero attached hydrogens (tertiary/aromatic N) is 1. The molecule has 0 bridgehead atoms. The molecule has 1 aliphatic heterocycles. The lowest BCUT2D eigenvalue weighted by atomic mass is 10.1. The van der Waals surface area contributed by atoms with E-state index in [1.807, 2.05) is 0 Å². The summed E-state index contributed by atoms with van der Waals surface area (Å²) in [6.45, 7) is -0.169. The zero-order valence-electron chi connectivity index (χ0n) is 11.1. The second-order valence-electron chi connectivity index (χ2n) is 4.63. The second kappa shape index (κ2) is 5.64. The molecule has 0 radical (unpaired) electrons. The summed E-state index contributed by atoms with van der Waals surface area (Å²) in [4.78, 5) is 13.1. The van der Waals surface area contributed by atoms with Crippen LogP contribution in [-0.4, -0.2) is 44.6 Å². The van der Waals surface area contributed by atoms with Gasteiger partial charge >= 0.3 is 0 Å². The van der Waals surface area contributed by atoms with E-state index >= 15 is 0 Å². The number of hydrogen-bond donors (Lipinski definition) is 1. The lowest BCUT2D eigenvalue weighted by Gasteiger charge is -2.17. The van der Waals surface area contributed by atoms with Crippen molar-refractivity contribution in [3.8, 4) is 0 Å². The number of nitrogens with one attached hydrogen (secondary N) is 1. The Morgan fingerprint density at radius 1 is 1.29 bits per heavy atom. The Morgan fingerprint density at radius 3 is 2.52 bits per heavy atom. The number of rotatable bonds is 3. The average molecular weight is 322 g/mol. The fourth-order valence-electron chi connectivity index (χ4n) is 2.21. The van der Waals surface area contributed by atoms with Crippen LogP contribution in [0.1, 0.15) is 16.8 Å². The van der Waals surface area contributed by atoms with Crippen LogP contribution in [0.15, 0.2) is 12.1 Å². The van der Waals surface area contributed by atoms with Crippen molar-refractivity contribution in [1.29, 1.82) is 0 Å². The molecule has 5 nitrogen and oxygen atoms in total. The Labute approximate surface area is 119 Å². The lowest BCUT2D eigenvalue weighted by Crippen LogP contribution is -2.36. The minimum Gasteiger partial charge on any atom is -0.337 e. The third-order valence-corrected chi connectivity index (χ3v) is 5.24. The largest absolute Gasteiger partial charge is 0.337 e. The van der Waals surface area contributed by atoms with Crippen LogP contribution in [0.2, 0.25) is 0 Å². The topological polar surface area (TPSA) is 66.5 Å². The number of benzene rings is 1. The predicted octanol–water partition coefficient (Wildman–Crippen LogP) is 0.868. The van der Waals surface area contributed by atoms with Crippen LogP contribution < -0.4 is 4.72 Å². The summed E-state index contributed by atoms with van der Waals surface area (Å²) >= 11 is 0. The summed E-state index contributed by atoms with van der Waals surface area (Å²) in [5.41, 5.74) is -1.00. The minimum atomic E-state index is -3.58. The number of carbonyl (C=O) groups excluding carboxylic acids is 1. The Kier molecular flexibility index (Phi) is 4.24. The van der Waals surface area contributed by atoms with E-state index in [9.17, 15) is 26.4 Å². The van der Waals surface area contributed by atoms with Gasteiger partial charge in [0.15, 0.2) is 11.6 Å². The minimum absolute atomic E-state index is 0.0276. The van der Waals surface area contributed by atoms with Gasteiger partial charge in [0.2, 0.25) is 10.0 Å². The first kappa shape index (κ1) is 15.8. The number of hydrogen-bond acceptors (Lipinski definition) is 3. The molecular weight excluding hydrogens is 309 g/mol. The van der Waals surface area contributed by atoms with Gasteiger partial charge in [-0.2, -0.15) is 0 Å². The van der Waals surface area contributed by atoms with Crippen molar-refractivity contribution in [2.24, 2.45) is 0 Å². The standard InChI is InChI=1S/C12H13F3N2O3S/c1-16-21(19,20)7-4-5-17(6-7)12(18)10-8(13)2-3-9(14)11(10)15/h2-3,7,16H,4-6H2,1H3/t7-/m1/s1. The third kappa shape index (κ3) is 2.88. The highest BCUT2D eigenvalue weighted by Gasteiger charge is 2.36. The number of amides is 1. The van der Waals surface area contributed by atoms with E-state index < -0.39 is 44.2 Å². The molecule has 0 aliphatic carbocycles. The molecule has 1 aromatic rings. The first-order chi connectivity index (χ1) is 9.77. The second-order valence-corrected chi connectivity index (χ2v) is 6.79. The average Bonchev–Trinajstić information content (AvgIpc) is 2.94. The molecule has 1 saturated heterocycles. The molecular formula is C12H13F3N2O3S. The normalized spacial score (nSPS) is 19.0. The summed E-state index contributed by atoms with van der Waals surface area (Å²) in [7, 11) is -2.34. The summed E-state index contributed by atoms with van der Waals surface area (Å²) < 4.78 is 65.6. The molecule has 0 saturated carbocycles. The van der Waals surface area contributed by atoms with Gasteiger partial charge in [-0.25, -0.2) is 26.3 Å². The van der Waals surface area contributed by atoms with E-state index in [4.69, 9.17) is 0 Å². The van der Waals surface area contributed by atoms with Gasteiger partial charge in [-0.1, -0.05) is 0 Å². The third-order valence-electron chi connectivity index (χ3n) is 3.41. The zero-order valence-corrected chi connectivity index (χ0v) is 11.9. The maximum Gasteiger partial charge on any atom is 0.259 e. The molecule has 1 fully saturated rings. The van der Waals surface area contributed by atoms with Crippen LogP contribution in [0.4, 0.5) is 13.2 Å². The van der Waals surface area contributed by atoms with E-state index in [1.54, 1.807) is 0 Å². The van der Waals surface area contributed by atoms with Crippen LogP contribution in [0.5, 0.6) is 0 Å². The zero-order chi connectivity index (χ0) is 15.8. The quantitative estimate of drug-likeness (QED) is 0.840. The van der Waals surface area contributed by atoms with Crippen LogP contribution >= 0.6 is 0 Å². The summed E-state index contributed by atoms with van der Waals surface area (Å²) in [5.74, 6) is -5.14. The molecule has 1 atom stereocenters. The molecule has 116 valence electrons. The number of likely N-dealkylation sites (tertiary alicyclic amines) is 1. The van der Waals surface area contributed by atoms with Crippen molar-refractivity contribution in [3.05, 3.63) is 35.1 Å². The fourth-order valence-corrected chi connectivity index (χ4v) is 3.34. The number of carbonyl (C=O) groups is 1. The molecule has 0 aromatic heterocycles. The molecule has 9 heteroatoms. The molecule has 0 unspecified atom stereocenters. The molecule has 21 heavy (non-hydrogen) atoms. The predicted molar refractivity (Wildman–Crippen MR) is 68.6 cm³/mol. The van der Waals surface area contributed by atoms with Crippen molar-refractivity contribution < 1.29 is 26.4 Å². The molecule has 1 N–H and O–H groups in total. The fraction of sp³-hybridized carbons (Fsp3) is 0.417. The van der Waals surface area contributed by atoms with Gasteiger partial charge in [-0.05, 0) is 25.6 Å². The Balaban J connectivity index is 2.26.